The van der Waals surface area contributed by atoms with E-state index in [2.05, 4.69) is 31.2 Å². The summed E-state index contributed by atoms with van der Waals surface area (Å²) in [5, 5.41) is 7.88. The molecule has 1 aromatic rings. The highest BCUT2D eigenvalue weighted by atomic mass is 16.2. The molecule has 0 amide bonds. The van der Waals surface area contributed by atoms with Gasteiger partial charge in [-0.3, -0.25) is 4.57 Å². The summed E-state index contributed by atoms with van der Waals surface area (Å²) in [6.45, 7) is 8.79. The van der Waals surface area contributed by atoms with E-state index in [1.165, 1.54) is 0 Å². The van der Waals surface area contributed by atoms with E-state index in [1.54, 1.807) is 4.68 Å². The van der Waals surface area contributed by atoms with Gasteiger partial charge in [0.1, 0.15) is 5.82 Å². The summed E-state index contributed by atoms with van der Waals surface area (Å²) in [4.78, 5) is 12.1. The first kappa shape index (κ1) is 13.3. The van der Waals surface area contributed by atoms with Gasteiger partial charge in [-0.25, -0.2) is 9.48 Å². The van der Waals surface area contributed by atoms with Crippen LogP contribution in [0.1, 0.15) is 45.9 Å². The lowest BCUT2D eigenvalue weighted by Crippen LogP contribution is -2.41. The van der Waals surface area contributed by atoms with E-state index < -0.39 is 0 Å². The highest BCUT2D eigenvalue weighted by Crippen LogP contribution is 2.09. The van der Waals surface area contributed by atoms with Gasteiger partial charge >= 0.3 is 5.69 Å². The molecule has 1 aromatic heterocycles. The Kier molecular flexibility index (Phi) is 3.90. The van der Waals surface area contributed by atoms with Crippen molar-refractivity contribution in [3.63, 3.8) is 0 Å². The van der Waals surface area contributed by atoms with Crippen molar-refractivity contribution in [3.8, 4) is 0 Å². The number of nitrogens with zero attached hydrogens (tertiary/aromatic N) is 3. The summed E-state index contributed by atoms with van der Waals surface area (Å²) in [6.07, 6.45) is 4.26. The van der Waals surface area contributed by atoms with Crippen molar-refractivity contribution in [1.29, 1.82) is 0 Å². The molecule has 0 aromatic carbocycles. The third kappa shape index (κ3) is 2.83. The predicted molar refractivity (Wildman–Crippen MR) is 71.8 cm³/mol. The molecule has 0 fully saturated rings. The summed E-state index contributed by atoms with van der Waals surface area (Å²) < 4.78 is 3.44. The average molecular weight is 252 g/mol. The topological polar surface area (TPSA) is 51.9 Å². The molecule has 18 heavy (non-hydrogen) atoms. The standard InChI is InChI=1S/C13H24N4O/c1-4-13(2,3)14-8-10-17-12(18)16-9-6-5-7-11(16)15-17/h14H,4-10H2,1-3H3. The number of fused-ring (bicyclic) bond motifs is 1. The summed E-state index contributed by atoms with van der Waals surface area (Å²) in [5.74, 6) is 0.959. The van der Waals surface area contributed by atoms with E-state index in [-0.39, 0.29) is 11.2 Å². The van der Waals surface area contributed by atoms with Gasteiger partial charge in [0.2, 0.25) is 0 Å². The van der Waals surface area contributed by atoms with Crippen LogP contribution in [-0.4, -0.2) is 26.4 Å². The van der Waals surface area contributed by atoms with Crippen molar-refractivity contribution in [2.45, 2.75) is 65.1 Å². The fraction of sp³-hybridized carbons (Fsp3) is 0.846. The molecule has 0 bridgehead atoms. The molecule has 1 aliphatic heterocycles. The Morgan fingerprint density at radius 1 is 1.39 bits per heavy atom. The van der Waals surface area contributed by atoms with Crippen molar-refractivity contribution < 1.29 is 0 Å². The Bertz CT molecular complexity index is 458. The number of hydrogen-bond donors (Lipinski definition) is 1. The second-order valence-corrected chi connectivity index (χ2v) is 5.69. The first-order valence-corrected chi connectivity index (χ1v) is 6.95. The number of aromatic nitrogens is 3. The van der Waals surface area contributed by atoms with Crippen molar-refractivity contribution >= 4 is 0 Å². The molecule has 5 heteroatoms. The van der Waals surface area contributed by atoms with Crippen molar-refractivity contribution in [1.82, 2.24) is 19.7 Å². The number of nitrogens with one attached hydrogen (secondary N) is 1. The molecule has 0 radical (unpaired) electrons. The fourth-order valence-corrected chi connectivity index (χ4v) is 2.22. The van der Waals surface area contributed by atoms with Gasteiger partial charge in [-0.1, -0.05) is 6.92 Å². The van der Waals surface area contributed by atoms with Crippen LogP contribution in [0.2, 0.25) is 0 Å². The molecule has 2 rings (SSSR count). The maximum atomic E-state index is 12.1. The molecular weight excluding hydrogens is 228 g/mol. The Balaban J connectivity index is 1.98. The van der Waals surface area contributed by atoms with Gasteiger partial charge in [-0.15, -0.1) is 0 Å². The van der Waals surface area contributed by atoms with Crippen LogP contribution in [-0.2, 0) is 19.5 Å². The van der Waals surface area contributed by atoms with Crippen LogP contribution in [0.3, 0.4) is 0 Å². The van der Waals surface area contributed by atoms with Crippen LogP contribution in [0.25, 0.3) is 0 Å². The lowest BCUT2D eigenvalue weighted by molar-refractivity contribution is 0.361. The molecule has 5 nitrogen and oxygen atoms in total. The smallest absolute Gasteiger partial charge is 0.310 e. The average Bonchev–Trinajstić information content (AvgIpc) is 2.67. The fourth-order valence-electron chi connectivity index (χ4n) is 2.22. The second-order valence-electron chi connectivity index (χ2n) is 5.69. The normalized spacial score (nSPS) is 15.7. The highest BCUT2D eigenvalue weighted by molar-refractivity contribution is 4.91. The third-order valence-electron chi connectivity index (χ3n) is 3.84. The maximum Gasteiger partial charge on any atom is 0.345 e. The molecule has 0 saturated carbocycles. The summed E-state index contributed by atoms with van der Waals surface area (Å²) in [7, 11) is 0. The molecule has 0 unspecified atom stereocenters. The van der Waals surface area contributed by atoms with Gasteiger partial charge in [-0.2, -0.15) is 5.10 Å². The minimum atomic E-state index is 0.0563. The van der Waals surface area contributed by atoms with E-state index in [0.29, 0.717) is 6.54 Å². The van der Waals surface area contributed by atoms with E-state index in [0.717, 1.165) is 44.6 Å². The molecule has 0 saturated heterocycles. The second kappa shape index (κ2) is 5.26. The zero-order chi connectivity index (χ0) is 13.2. The van der Waals surface area contributed by atoms with Crippen LogP contribution in [0.5, 0.6) is 0 Å². The SMILES string of the molecule is CCC(C)(C)NCCn1nc2n(c1=O)CCCC2. The first-order chi connectivity index (χ1) is 8.53. The van der Waals surface area contributed by atoms with Gasteiger partial charge in [0.25, 0.3) is 0 Å². The van der Waals surface area contributed by atoms with Crippen LogP contribution in [0.4, 0.5) is 0 Å². The largest absolute Gasteiger partial charge is 0.345 e. The van der Waals surface area contributed by atoms with Crippen LogP contribution in [0.15, 0.2) is 4.79 Å². The quantitative estimate of drug-likeness (QED) is 0.855. The van der Waals surface area contributed by atoms with Crippen LogP contribution >= 0.6 is 0 Å². The van der Waals surface area contributed by atoms with E-state index >= 15 is 0 Å². The number of aryl methyl sites for hydroxylation is 1. The summed E-state index contributed by atoms with van der Waals surface area (Å²) in [5.41, 5.74) is 0.184. The lowest BCUT2D eigenvalue weighted by Gasteiger charge is -2.24. The Labute approximate surface area is 108 Å². The Morgan fingerprint density at radius 3 is 2.83 bits per heavy atom. The minimum Gasteiger partial charge on any atom is -0.310 e. The van der Waals surface area contributed by atoms with Gasteiger partial charge in [0.05, 0.1) is 6.54 Å². The number of hydrogen-bond acceptors (Lipinski definition) is 3. The Hall–Kier alpha value is -1.10. The zero-order valence-corrected chi connectivity index (χ0v) is 11.7. The predicted octanol–water partition coefficient (Wildman–Crippen LogP) is 1.16. The molecule has 1 N–H and O–H groups in total. The van der Waals surface area contributed by atoms with E-state index in [9.17, 15) is 4.79 Å². The molecule has 1 aliphatic rings. The van der Waals surface area contributed by atoms with E-state index in [4.69, 9.17) is 0 Å². The van der Waals surface area contributed by atoms with Gasteiger partial charge in [0.15, 0.2) is 0 Å². The van der Waals surface area contributed by atoms with Gasteiger partial charge < -0.3 is 5.32 Å². The van der Waals surface area contributed by atoms with Crippen molar-refractivity contribution in [3.05, 3.63) is 16.3 Å². The summed E-state index contributed by atoms with van der Waals surface area (Å²) >= 11 is 0. The molecule has 102 valence electrons. The van der Waals surface area contributed by atoms with Gasteiger partial charge in [-0.05, 0) is 33.1 Å². The molecule has 0 aliphatic carbocycles. The molecular formula is C13H24N4O. The van der Waals surface area contributed by atoms with Crippen molar-refractivity contribution in [2.75, 3.05) is 6.54 Å². The first-order valence-electron chi connectivity index (χ1n) is 6.95. The van der Waals surface area contributed by atoms with Gasteiger partial charge in [0, 0.05) is 25.0 Å². The Morgan fingerprint density at radius 2 is 2.17 bits per heavy atom. The zero-order valence-electron chi connectivity index (χ0n) is 11.7. The minimum absolute atomic E-state index is 0.0563. The molecule has 2 heterocycles. The molecule has 0 spiro atoms. The third-order valence-corrected chi connectivity index (χ3v) is 3.84. The maximum absolute atomic E-state index is 12.1. The van der Waals surface area contributed by atoms with Crippen LogP contribution < -0.4 is 11.0 Å². The monoisotopic (exact) mass is 252 g/mol. The van der Waals surface area contributed by atoms with Crippen LogP contribution in [0, 0.1) is 0 Å². The van der Waals surface area contributed by atoms with E-state index in [1.807, 2.05) is 4.57 Å². The number of rotatable bonds is 5. The van der Waals surface area contributed by atoms with Crippen molar-refractivity contribution in [2.24, 2.45) is 0 Å². The lowest BCUT2D eigenvalue weighted by atomic mass is 10.0. The molecule has 0 atom stereocenters. The summed E-state index contributed by atoms with van der Waals surface area (Å²) in [6, 6.07) is 0. The highest BCUT2D eigenvalue weighted by Gasteiger charge is 2.17.